The van der Waals surface area contributed by atoms with E-state index < -0.39 is 0 Å². The lowest BCUT2D eigenvalue weighted by Gasteiger charge is -2.34. The van der Waals surface area contributed by atoms with Gasteiger partial charge < -0.3 is 5.32 Å². The first-order valence-corrected chi connectivity index (χ1v) is 8.97. The maximum atomic E-state index is 4.32. The smallest absolute Gasteiger partial charge is 0.0401 e. The van der Waals surface area contributed by atoms with E-state index in [0.29, 0.717) is 12.0 Å². The first-order valence-electron chi connectivity index (χ1n) is 8.97. The number of hydrogen-bond donors (Lipinski definition) is 1. The molecule has 22 heavy (non-hydrogen) atoms. The fourth-order valence-electron chi connectivity index (χ4n) is 4.75. The van der Waals surface area contributed by atoms with E-state index in [0.717, 1.165) is 24.4 Å². The van der Waals surface area contributed by atoms with Crippen molar-refractivity contribution in [2.75, 3.05) is 20.1 Å². The summed E-state index contributed by atoms with van der Waals surface area (Å²) in [6, 6.07) is 5.55. The number of aromatic nitrogens is 1. The zero-order valence-electron chi connectivity index (χ0n) is 14.3. The fourth-order valence-corrected chi connectivity index (χ4v) is 4.75. The molecule has 3 heteroatoms. The maximum absolute atomic E-state index is 4.32. The Morgan fingerprint density at radius 2 is 2.00 bits per heavy atom. The predicted molar refractivity (Wildman–Crippen MR) is 91.7 cm³/mol. The average molecular weight is 301 g/mol. The third kappa shape index (κ3) is 3.69. The van der Waals surface area contributed by atoms with Crippen LogP contribution in [0.5, 0.6) is 0 Å². The van der Waals surface area contributed by atoms with Crippen LogP contribution in [0.25, 0.3) is 0 Å². The second-order valence-corrected chi connectivity index (χ2v) is 7.78. The first-order chi connectivity index (χ1) is 10.6. The fraction of sp³-hybridized carbons (Fsp3) is 0.737. The molecule has 1 N–H and O–H groups in total. The van der Waals surface area contributed by atoms with Crippen LogP contribution in [0.4, 0.5) is 0 Å². The molecule has 3 nitrogen and oxygen atoms in total. The van der Waals surface area contributed by atoms with E-state index in [1.54, 1.807) is 0 Å². The van der Waals surface area contributed by atoms with E-state index >= 15 is 0 Å². The lowest BCUT2D eigenvalue weighted by molar-refractivity contribution is 0.219. The molecule has 1 aromatic heterocycles. The highest BCUT2D eigenvalue weighted by Crippen LogP contribution is 2.36. The van der Waals surface area contributed by atoms with E-state index in [4.69, 9.17) is 0 Å². The molecule has 2 fully saturated rings. The van der Waals surface area contributed by atoms with Gasteiger partial charge in [-0.25, -0.2) is 0 Å². The molecule has 3 rings (SSSR count). The highest BCUT2D eigenvalue weighted by Gasteiger charge is 2.33. The molecular weight excluding hydrogens is 270 g/mol. The van der Waals surface area contributed by atoms with Crippen molar-refractivity contribution in [3.63, 3.8) is 0 Å². The Morgan fingerprint density at radius 1 is 1.23 bits per heavy atom. The molecule has 0 amide bonds. The summed E-state index contributed by atoms with van der Waals surface area (Å²) in [5.41, 5.74) is 1.37. The van der Waals surface area contributed by atoms with Crippen LogP contribution in [0.3, 0.4) is 0 Å². The molecule has 0 radical (unpaired) electrons. The molecule has 1 saturated carbocycles. The van der Waals surface area contributed by atoms with Crippen LogP contribution in [0.15, 0.2) is 24.5 Å². The van der Waals surface area contributed by atoms with Gasteiger partial charge in [-0.3, -0.25) is 9.88 Å². The van der Waals surface area contributed by atoms with Gasteiger partial charge in [-0.15, -0.1) is 0 Å². The zero-order valence-corrected chi connectivity index (χ0v) is 14.3. The number of nitrogens with one attached hydrogen (secondary N) is 1. The van der Waals surface area contributed by atoms with Gasteiger partial charge in [0, 0.05) is 31.0 Å². The van der Waals surface area contributed by atoms with Crippen LogP contribution in [0.1, 0.15) is 51.1 Å². The lowest BCUT2D eigenvalue weighted by Crippen LogP contribution is -2.39. The van der Waals surface area contributed by atoms with E-state index in [1.165, 1.54) is 37.8 Å². The molecule has 1 unspecified atom stereocenters. The predicted octanol–water partition coefficient (Wildman–Crippen LogP) is 3.49. The second-order valence-electron chi connectivity index (χ2n) is 7.78. The molecule has 1 aromatic rings. The largest absolute Gasteiger partial charge is 0.314 e. The van der Waals surface area contributed by atoms with Gasteiger partial charge in [-0.2, -0.15) is 0 Å². The minimum absolute atomic E-state index is 0.527. The van der Waals surface area contributed by atoms with Crippen molar-refractivity contribution in [1.82, 2.24) is 15.2 Å². The Balaban J connectivity index is 1.59. The minimum Gasteiger partial charge on any atom is -0.314 e. The quantitative estimate of drug-likeness (QED) is 0.922. The Labute approximate surface area is 135 Å². The molecule has 122 valence electrons. The van der Waals surface area contributed by atoms with Gasteiger partial charge in [-0.1, -0.05) is 19.9 Å². The van der Waals surface area contributed by atoms with Crippen LogP contribution in [0, 0.1) is 17.8 Å². The van der Waals surface area contributed by atoms with Gasteiger partial charge in [0.25, 0.3) is 0 Å². The van der Waals surface area contributed by atoms with Gasteiger partial charge in [-0.05, 0) is 68.7 Å². The second kappa shape index (κ2) is 7.10. The molecule has 2 aliphatic rings. The molecule has 5 atom stereocenters. The average Bonchev–Trinajstić information content (AvgIpc) is 2.86. The van der Waals surface area contributed by atoms with Crippen molar-refractivity contribution in [3.8, 4) is 0 Å². The number of likely N-dealkylation sites (tertiary alicyclic amines) is 1. The van der Waals surface area contributed by atoms with Gasteiger partial charge in [0.2, 0.25) is 0 Å². The van der Waals surface area contributed by atoms with E-state index in [9.17, 15) is 0 Å². The normalized spacial score (nSPS) is 36.6. The summed E-state index contributed by atoms with van der Waals surface area (Å²) in [5.74, 6) is 2.46. The first kappa shape index (κ1) is 15.9. The van der Waals surface area contributed by atoms with Gasteiger partial charge >= 0.3 is 0 Å². The van der Waals surface area contributed by atoms with Crippen molar-refractivity contribution in [3.05, 3.63) is 30.1 Å². The molecular formula is C19H31N3. The van der Waals surface area contributed by atoms with Crippen molar-refractivity contribution < 1.29 is 0 Å². The highest BCUT2D eigenvalue weighted by molar-refractivity contribution is 5.17. The van der Waals surface area contributed by atoms with Crippen molar-refractivity contribution in [2.24, 2.45) is 17.8 Å². The molecule has 1 aliphatic heterocycles. The summed E-state index contributed by atoms with van der Waals surface area (Å²) < 4.78 is 0. The van der Waals surface area contributed by atoms with E-state index in [2.05, 4.69) is 48.2 Å². The SMILES string of the molecule is C[C@@H]1CC(NC[C@@H]2CCN(C)[C@H]2c2cccnc2)C[C@H](C)C1. The summed E-state index contributed by atoms with van der Waals surface area (Å²) in [6.45, 7) is 7.16. The Morgan fingerprint density at radius 3 is 2.68 bits per heavy atom. The van der Waals surface area contributed by atoms with E-state index in [-0.39, 0.29) is 0 Å². The lowest BCUT2D eigenvalue weighted by atomic mass is 9.80. The third-order valence-corrected chi connectivity index (χ3v) is 5.65. The van der Waals surface area contributed by atoms with Crippen LogP contribution < -0.4 is 5.32 Å². The zero-order chi connectivity index (χ0) is 15.5. The molecule has 0 spiro atoms. The van der Waals surface area contributed by atoms with Crippen LogP contribution in [-0.2, 0) is 0 Å². The number of pyridine rings is 1. The highest BCUT2D eigenvalue weighted by atomic mass is 15.2. The van der Waals surface area contributed by atoms with Gasteiger partial charge in [0.15, 0.2) is 0 Å². The molecule has 2 heterocycles. The number of rotatable bonds is 4. The Bertz CT molecular complexity index is 451. The summed E-state index contributed by atoms with van der Waals surface area (Å²) >= 11 is 0. The Hall–Kier alpha value is -0.930. The van der Waals surface area contributed by atoms with Gasteiger partial charge in [0.1, 0.15) is 0 Å². The molecule has 1 aliphatic carbocycles. The van der Waals surface area contributed by atoms with Gasteiger partial charge in [0.05, 0.1) is 0 Å². The summed E-state index contributed by atoms with van der Waals surface area (Å²) in [6.07, 6.45) is 9.32. The number of nitrogens with zero attached hydrogens (tertiary/aromatic N) is 2. The van der Waals surface area contributed by atoms with Crippen LogP contribution in [-0.4, -0.2) is 36.1 Å². The molecule has 0 bridgehead atoms. The van der Waals surface area contributed by atoms with Crippen molar-refractivity contribution >= 4 is 0 Å². The summed E-state index contributed by atoms with van der Waals surface area (Å²) in [7, 11) is 2.25. The van der Waals surface area contributed by atoms with Crippen LogP contribution >= 0.6 is 0 Å². The Kier molecular flexibility index (Phi) is 5.14. The standard InChI is InChI=1S/C19H31N3/c1-14-9-15(2)11-18(10-14)21-13-17-6-8-22(3)19(17)16-5-4-7-20-12-16/h4-5,7,12,14-15,17-19,21H,6,8-11,13H2,1-3H3/t14-,15+,17-,18?,19-/m0/s1. The minimum atomic E-state index is 0.527. The number of hydrogen-bond acceptors (Lipinski definition) is 3. The van der Waals surface area contributed by atoms with Crippen molar-refractivity contribution in [1.29, 1.82) is 0 Å². The van der Waals surface area contributed by atoms with E-state index in [1.807, 2.05) is 12.4 Å². The van der Waals surface area contributed by atoms with Crippen LogP contribution in [0.2, 0.25) is 0 Å². The summed E-state index contributed by atoms with van der Waals surface area (Å²) in [5, 5.41) is 3.90. The molecule has 0 aromatic carbocycles. The van der Waals surface area contributed by atoms with Crippen molar-refractivity contribution in [2.45, 2.75) is 51.6 Å². The summed E-state index contributed by atoms with van der Waals surface area (Å²) in [4.78, 5) is 6.82. The third-order valence-electron chi connectivity index (χ3n) is 5.65. The molecule has 1 saturated heterocycles. The maximum Gasteiger partial charge on any atom is 0.0401 e. The topological polar surface area (TPSA) is 28.2 Å². The monoisotopic (exact) mass is 301 g/mol.